The van der Waals surface area contributed by atoms with Crippen molar-refractivity contribution >= 4 is 17.8 Å². The minimum absolute atomic E-state index is 0.291. The second kappa shape index (κ2) is 5.75. The summed E-state index contributed by atoms with van der Waals surface area (Å²) >= 11 is 5.85. The van der Waals surface area contributed by atoms with Gasteiger partial charge in [-0.2, -0.15) is 0 Å². The van der Waals surface area contributed by atoms with Gasteiger partial charge in [-0.3, -0.25) is 0 Å². The SMILES string of the molecule is Cc1cc(OC(=O)OCC(C)C)ccc1Cl. The Morgan fingerprint density at radius 3 is 2.69 bits per heavy atom. The van der Waals surface area contributed by atoms with Crippen molar-refractivity contribution in [2.24, 2.45) is 5.92 Å². The number of hydrogen-bond acceptors (Lipinski definition) is 3. The zero-order valence-corrected chi connectivity index (χ0v) is 10.4. The molecule has 4 heteroatoms. The third-order valence-electron chi connectivity index (χ3n) is 1.87. The molecule has 1 rings (SSSR count). The molecular weight excluding hydrogens is 228 g/mol. The molecule has 88 valence electrons. The number of carbonyl (C=O) groups excluding carboxylic acids is 1. The molecule has 0 saturated carbocycles. The Hall–Kier alpha value is -1.22. The van der Waals surface area contributed by atoms with Crippen LogP contribution in [0.3, 0.4) is 0 Å². The van der Waals surface area contributed by atoms with Crippen molar-refractivity contribution in [3.8, 4) is 5.75 Å². The van der Waals surface area contributed by atoms with E-state index in [-0.39, 0.29) is 0 Å². The molecule has 0 aliphatic rings. The van der Waals surface area contributed by atoms with E-state index in [9.17, 15) is 4.79 Å². The highest BCUT2D eigenvalue weighted by atomic mass is 35.5. The predicted molar refractivity (Wildman–Crippen MR) is 63.0 cm³/mol. The van der Waals surface area contributed by atoms with Crippen molar-refractivity contribution in [1.82, 2.24) is 0 Å². The Balaban J connectivity index is 2.53. The Morgan fingerprint density at radius 2 is 2.12 bits per heavy atom. The highest BCUT2D eigenvalue weighted by Crippen LogP contribution is 2.21. The van der Waals surface area contributed by atoms with Gasteiger partial charge >= 0.3 is 6.16 Å². The summed E-state index contributed by atoms with van der Waals surface area (Å²) in [5, 5.41) is 0.642. The molecule has 1 aromatic rings. The molecule has 0 amide bonds. The highest BCUT2D eigenvalue weighted by Gasteiger charge is 2.08. The number of ether oxygens (including phenoxy) is 2. The van der Waals surface area contributed by atoms with Gasteiger partial charge in [-0.25, -0.2) is 4.79 Å². The minimum Gasteiger partial charge on any atom is -0.434 e. The summed E-state index contributed by atoms with van der Waals surface area (Å²) in [7, 11) is 0. The molecule has 0 aliphatic carbocycles. The maximum atomic E-state index is 11.2. The van der Waals surface area contributed by atoms with E-state index in [4.69, 9.17) is 21.1 Å². The first kappa shape index (κ1) is 12.8. The number of benzene rings is 1. The van der Waals surface area contributed by atoms with E-state index in [1.165, 1.54) is 0 Å². The molecule has 0 fully saturated rings. The van der Waals surface area contributed by atoms with Crippen molar-refractivity contribution in [2.45, 2.75) is 20.8 Å². The topological polar surface area (TPSA) is 35.5 Å². The summed E-state index contributed by atoms with van der Waals surface area (Å²) in [5.41, 5.74) is 0.857. The zero-order valence-electron chi connectivity index (χ0n) is 9.62. The molecule has 0 spiro atoms. The summed E-state index contributed by atoms with van der Waals surface area (Å²) in [5.74, 6) is 0.732. The second-order valence-corrected chi connectivity index (χ2v) is 4.38. The fourth-order valence-corrected chi connectivity index (χ4v) is 1.16. The Kier molecular flexibility index (Phi) is 4.62. The van der Waals surface area contributed by atoms with Crippen molar-refractivity contribution in [3.05, 3.63) is 28.8 Å². The summed E-state index contributed by atoms with van der Waals surface area (Å²) in [6.45, 7) is 6.11. The van der Waals surface area contributed by atoms with Crippen LogP contribution in [-0.4, -0.2) is 12.8 Å². The molecule has 0 heterocycles. The van der Waals surface area contributed by atoms with Gasteiger partial charge in [-0.15, -0.1) is 0 Å². The average Bonchev–Trinajstić information content (AvgIpc) is 2.21. The number of halogens is 1. The number of rotatable bonds is 3. The summed E-state index contributed by atoms with van der Waals surface area (Å²) in [4.78, 5) is 11.2. The number of carbonyl (C=O) groups is 1. The van der Waals surface area contributed by atoms with Crippen LogP contribution in [-0.2, 0) is 4.74 Å². The quantitative estimate of drug-likeness (QED) is 0.597. The first-order valence-electron chi connectivity index (χ1n) is 5.10. The third-order valence-corrected chi connectivity index (χ3v) is 2.29. The van der Waals surface area contributed by atoms with Gasteiger partial charge in [0.05, 0.1) is 6.61 Å². The van der Waals surface area contributed by atoms with Crippen LogP contribution in [0.25, 0.3) is 0 Å². The van der Waals surface area contributed by atoms with Gasteiger partial charge < -0.3 is 9.47 Å². The largest absolute Gasteiger partial charge is 0.513 e. The molecule has 0 bridgehead atoms. The standard InChI is InChI=1S/C12H15ClO3/c1-8(2)7-15-12(14)16-10-4-5-11(13)9(3)6-10/h4-6,8H,7H2,1-3H3. The van der Waals surface area contributed by atoms with Gasteiger partial charge in [0.15, 0.2) is 0 Å². The fourth-order valence-electron chi connectivity index (χ4n) is 1.04. The van der Waals surface area contributed by atoms with Crippen LogP contribution < -0.4 is 4.74 Å². The smallest absolute Gasteiger partial charge is 0.434 e. The third kappa shape index (κ3) is 4.11. The highest BCUT2D eigenvalue weighted by molar-refractivity contribution is 6.31. The van der Waals surface area contributed by atoms with E-state index in [0.717, 1.165) is 5.56 Å². The van der Waals surface area contributed by atoms with E-state index >= 15 is 0 Å². The number of aryl methyl sites for hydroxylation is 1. The van der Waals surface area contributed by atoms with Crippen molar-refractivity contribution in [1.29, 1.82) is 0 Å². The molecule has 1 aromatic carbocycles. The van der Waals surface area contributed by atoms with Crippen LogP contribution in [0.5, 0.6) is 5.75 Å². The average molecular weight is 243 g/mol. The molecule has 0 atom stereocenters. The van der Waals surface area contributed by atoms with Gasteiger partial charge in [0.2, 0.25) is 0 Å². The monoisotopic (exact) mass is 242 g/mol. The summed E-state index contributed by atoms with van der Waals surface area (Å²) in [6, 6.07) is 5.01. The van der Waals surface area contributed by atoms with Gasteiger partial charge in [-0.1, -0.05) is 25.4 Å². The van der Waals surface area contributed by atoms with E-state index in [1.54, 1.807) is 18.2 Å². The van der Waals surface area contributed by atoms with E-state index in [2.05, 4.69) is 0 Å². The maximum absolute atomic E-state index is 11.2. The Morgan fingerprint density at radius 1 is 1.44 bits per heavy atom. The summed E-state index contributed by atoms with van der Waals surface area (Å²) in [6.07, 6.45) is -0.685. The molecule has 0 saturated heterocycles. The Bertz CT molecular complexity index is 375. The van der Waals surface area contributed by atoms with E-state index in [1.807, 2.05) is 20.8 Å². The van der Waals surface area contributed by atoms with E-state index < -0.39 is 6.16 Å². The van der Waals surface area contributed by atoms with Crippen LogP contribution >= 0.6 is 11.6 Å². The molecule has 0 unspecified atom stereocenters. The lowest BCUT2D eigenvalue weighted by Crippen LogP contribution is -2.14. The first-order chi connectivity index (χ1) is 7.49. The van der Waals surface area contributed by atoms with Gasteiger partial charge in [0, 0.05) is 5.02 Å². The fraction of sp³-hybridized carbons (Fsp3) is 0.417. The van der Waals surface area contributed by atoms with E-state index in [0.29, 0.717) is 23.3 Å². The van der Waals surface area contributed by atoms with Crippen LogP contribution in [0.15, 0.2) is 18.2 Å². The first-order valence-corrected chi connectivity index (χ1v) is 5.47. The van der Waals surface area contributed by atoms with Crippen LogP contribution in [0.4, 0.5) is 4.79 Å². The summed E-state index contributed by atoms with van der Waals surface area (Å²) < 4.78 is 9.86. The lowest BCUT2D eigenvalue weighted by molar-refractivity contribution is 0.0885. The zero-order chi connectivity index (χ0) is 12.1. The molecule has 0 radical (unpaired) electrons. The minimum atomic E-state index is -0.685. The molecule has 16 heavy (non-hydrogen) atoms. The van der Waals surface area contributed by atoms with Crippen LogP contribution in [0, 0.1) is 12.8 Å². The molecule has 0 aromatic heterocycles. The molecule has 3 nitrogen and oxygen atoms in total. The normalized spacial score (nSPS) is 10.3. The van der Waals surface area contributed by atoms with Gasteiger partial charge in [-0.05, 0) is 36.6 Å². The lowest BCUT2D eigenvalue weighted by atomic mass is 10.2. The molecule has 0 N–H and O–H groups in total. The van der Waals surface area contributed by atoms with Crippen molar-refractivity contribution in [3.63, 3.8) is 0 Å². The van der Waals surface area contributed by atoms with Crippen molar-refractivity contribution in [2.75, 3.05) is 6.61 Å². The van der Waals surface area contributed by atoms with Gasteiger partial charge in [0.25, 0.3) is 0 Å². The van der Waals surface area contributed by atoms with Crippen LogP contribution in [0.2, 0.25) is 5.02 Å². The lowest BCUT2D eigenvalue weighted by Gasteiger charge is -2.08. The molecule has 0 aliphatic heterocycles. The maximum Gasteiger partial charge on any atom is 0.513 e. The van der Waals surface area contributed by atoms with Crippen molar-refractivity contribution < 1.29 is 14.3 Å². The predicted octanol–water partition coefficient (Wildman–Crippen LogP) is 3.82. The Labute approximate surface area is 100 Å². The van der Waals surface area contributed by atoms with Crippen LogP contribution in [0.1, 0.15) is 19.4 Å². The van der Waals surface area contributed by atoms with Gasteiger partial charge in [0.1, 0.15) is 5.75 Å². The number of hydrogen-bond donors (Lipinski definition) is 0. The second-order valence-electron chi connectivity index (χ2n) is 3.97. The molecular formula is C12H15ClO3.